The number of benzene rings is 2. The lowest BCUT2D eigenvalue weighted by Crippen LogP contribution is -2.12. The Kier molecular flexibility index (Phi) is 6.62. The smallest absolute Gasteiger partial charge is 0.255 e. The van der Waals surface area contributed by atoms with Crippen LogP contribution in [0, 0.1) is 6.92 Å². The van der Waals surface area contributed by atoms with Gasteiger partial charge in [0.25, 0.3) is 5.91 Å². The van der Waals surface area contributed by atoms with E-state index in [4.69, 9.17) is 9.47 Å². The van der Waals surface area contributed by atoms with Gasteiger partial charge in [0.2, 0.25) is 0 Å². The van der Waals surface area contributed by atoms with E-state index in [0.29, 0.717) is 25.4 Å². The normalized spacial score (nSPS) is 10.4. The molecule has 0 fully saturated rings. The van der Waals surface area contributed by atoms with Crippen LogP contribution < -0.4 is 10.1 Å². The molecule has 2 aromatic rings. The van der Waals surface area contributed by atoms with Crippen LogP contribution in [0.2, 0.25) is 0 Å². The van der Waals surface area contributed by atoms with Gasteiger partial charge in [-0.1, -0.05) is 22.0 Å². The number of ether oxygens (including phenoxy) is 2. The summed E-state index contributed by atoms with van der Waals surface area (Å²) in [5.41, 5.74) is 2.43. The van der Waals surface area contributed by atoms with Crippen LogP contribution in [0.5, 0.6) is 5.75 Å². The highest BCUT2D eigenvalue weighted by Gasteiger charge is 2.07. The second-order valence-corrected chi connectivity index (χ2v) is 5.84. The van der Waals surface area contributed by atoms with Crippen molar-refractivity contribution in [2.24, 2.45) is 0 Å². The van der Waals surface area contributed by atoms with Gasteiger partial charge in [-0.05, 0) is 55.8 Å². The van der Waals surface area contributed by atoms with Crippen molar-refractivity contribution in [3.63, 3.8) is 0 Å². The van der Waals surface area contributed by atoms with Gasteiger partial charge in [-0.2, -0.15) is 0 Å². The fraction of sp³-hybridized carbons (Fsp3) is 0.278. The zero-order valence-corrected chi connectivity index (χ0v) is 14.9. The van der Waals surface area contributed by atoms with E-state index in [9.17, 15) is 4.79 Å². The molecular formula is C18H20BrNO3. The summed E-state index contributed by atoms with van der Waals surface area (Å²) in [4.78, 5) is 12.2. The van der Waals surface area contributed by atoms with E-state index in [0.717, 1.165) is 21.5 Å². The number of hydrogen-bond donors (Lipinski definition) is 1. The maximum Gasteiger partial charge on any atom is 0.255 e. The van der Waals surface area contributed by atoms with Crippen LogP contribution in [-0.4, -0.2) is 25.7 Å². The summed E-state index contributed by atoms with van der Waals surface area (Å²) in [5.74, 6) is 0.608. The highest BCUT2D eigenvalue weighted by molar-refractivity contribution is 9.10. The van der Waals surface area contributed by atoms with Gasteiger partial charge in [-0.25, -0.2) is 0 Å². The number of anilines is 1. The van der Waals surface area contributed by atoms with Crippen molar-refractivity contribution in [1.29, 1.82) is 0 Å². The zero-order chi connectivity index (χ0) is 16.7. The second kappa shape index (κ2) is 8.70. The molecule has 0 aliphatic rings. The average Bonchev–Trinajstić information content (AvgIpc) is 2.55. The maximum atomic E-state index is 12.2. The molecule has 4 nitrogen and oxygen atoms in total. The Morgan fingerprint density at radius 3 is 2.52 bits per heavy atom. The Bertz CT molecular complexity index is 656. The Morgan fingerprint density at radius 2 is 1.87 bits per heavy atom. The summed E-state index contributed by atoms with van der Waals surface area (Å²) in [6, 6.07) is 12.8. The second-order valence-electron chi connectivity index (χ2n) is 4.99. The van der Waals surface area contributed by atoms with Crippen molar-refractivity contribution < 1.29 is 14.3 Å². The van der Waals surface area contributed by atoms with Crippen molar-refractivity contribution >= 4 is 27.5 Å². The Morgan fingerprint density at radius 1 is 1.13 bits per heavy atom. The lowest BCUT2D eigenvalue weighted by Gasteiger charge is -2.09. The summed E-state index contributed by atoms with van der Waals surface area (Å²) < 4.78 is 11.7. The molecule has 0 spiro atoms. The van der Waals surface area contributed by atoms with E-state index in [1.807, 2.05) is 50.2 Å². The van der Waals surface area contributed by atoms with E-state index in [2.05, 4.69) is 21.2 Å². The lowest BCUT2D eigenvalue weighted by molar-refractivity contribution is 0.102. The quantitative estimate of drug-likeness (QED) is 0.726. The molecule has 0 saturated carbocycles. The number of halogens is 1. The van der Waals surface area contributed by atoms with Crippen molar-refractivity contribution in [2.45, 2.75) is 13.8 Å². The molecule has 2 aromatic carbocycles. The van der Waals surface area contributed by atoms with E-state index < -0.39 is 0 Å². The molecule has 122 valence electrons. The summed E-state index contributed by atoms with van der Waals surface area (Å²) in [6.45, 7) is 5.69. The minimum absolute atomic E-state index is 0.143. The number of amides is 1. The van der Waals surface area contributed by atoms with Crippen LogP contribution in [0.1, 0.15) is 22.8 Å². The minimum atomic E-state index is -0.143. The van der Waals surface area contributed by atoms with Crippen LogP contribution >= 0.6 is 15.9 Å². The van der Waals surface area contributed by atoms with E-state index in [1.54, 1.807) is 6.07 Å². The molecule has 0 bridgehead atoms. The summed E-state index contributed by atoms with van der Waals surface area (Å²) in [7, 11) is 0. The van der Waals surface area contributed by atoms with Crippen LogP contribution in [0.15, 0.2) is 46.9 Å². The summed E-state index contributed by atoms with van der Waals surface area (Å²) >= 11 is 3.44. The number of aryl methyl sites for hydroxylation is 1. The standard InChI is InChI=1S/C18H20BrNO3/c1-3-22-10-11-23-16-8-6-15(7-9-16)20-18(21)14-5-4-13(2)17(19)12-14/h4-9,12H,3,10-11H2,1-2H3,(H,20,21). The van der Waals surface area contributed by atoms with Gasteiger partial charge < -0.3 is 14.8 Å². The highest BCUT2D eigenvalue weighted by atomic mass is 79.9. The monoisotopic (exact) mass is 377 g/mol. The number of carbonyl (C=O) groups excluding carboxylic acids is 1. The van der Waals surface area contributed by atoms with E-state index >= 15 is 0 Å². The molecule has 0 aliphatic carbocycles. The van der Waals surface area contributed by atoms with Gasteiger partial charge in [0, 0.05) is 22.3 Å². The molecule has 5 heteroatoms. The largest absolute Gasteiger partial charge is 0.491 e. The topological polar surface area (TPSA) is 47.6 Å². The zero-order valence-electron chi connectivity index (χ0n) is 13.3. The van der Waals surface area contributed by atoms with Gasteiger partial charge in [0.15, 0.2) is 0 Å². The SMILES string of the molecule is CCOCCOc1ccc(NC(=O)c2ccc(C)c(Br)c2)cc1. The van der Waals surface area contributed by atoms with E-state index in [1.165, 1.54) is 0 Å². The molecule has 1 N–H and O–H groups in total. The fourth-order valence-corrected chi connectivity index (χ4v) is 2.31. The highest BCUT2D eigenvalue weighted by Crippen LogP contribution is 2.20. The third kappa shape index (κ3) is 5.37. The Labute approximate surface area is 144 Å². The molecule has 0 saturated heterocycles. The van der Waals surface area contributed by atoms with Gasteiger partial charge in [-0.15, -0.1) is 0 Å². The van der Waals surface area contributed by atoms with Crippen molar-refractivity contribution in [2.75, 3.05) is 25.1 Å². The third-order valence-corrected chi connectivity index (χ3v) is 4.10. The molecule has 0 aliphatic heterocycles. The first kappa shape index (κ1) is 17.5. The number of rotatable bonds is 7. The molecule has 1 amide bonds. The summed E-state index contributed by atoms with van der Waals surface area (Å²) in [6.07, 6.45) is 0. The van der Waals surface area contributed by atoms with Crippen LogP contribution in [0.4, 0.5) is 5.69 Å². The molecule has 23 heavy (non-hydrogen) atoms. The van der Waals surface area contributed by atoms with Crippen molar-refractivity contribution in [1.82, 2.24) is 0 Å². The number of carbonyl (C=O) groups is 1. The first-order valence-electron chi connectivity index (χ1n) is 7.48. The first-order valence-corrected chi connectivity index (χ1v) is 8.27. The van der Waals surface area contributed by atoms with Gasteiger partial charge in [0.05, 0.1) is 6.61 Å². The van der Waals surface area contributed by atoms with Gasteiger partial charge in [0.1, 0.15) is 12.4 Å². The average molecular weight is 378 g/mol. The summed E-state index contributed by atoms with van der Waals surface area (Å²) in [5, 5.41) is 2.87. The first-order chi connectivity index (χ1) is 11.1. The minimum Gasteiger partial charge on any atom is -0.491 e. The molecule has 0 heterocycles. The van der Waals surface area contributed by atoms with Gasteiger partial charge >= 0.3 is 0 Å². The van der Waals surface area contributed by atoms with Crippen LogP contribution in [0.25, 0.3) is 0 Å². The van der Waals surface area contributed by atoms with E-state index in [-0.39, 0.29) is 5.91 Å². The Balaban J connectivity index is 1.92. The number of hydrogen-bond acceptors (Lipinski definition) is 3. The molecule has 0 unspecified atom stereocenters. The predicted molar refractivity (Wildman–Crippen MR) is 95.3 cm³/mol. The molecule has 0 atom stereocenters. The fourth-order valence-electron chi connectivity index (χ4n) is 1.93. The van der Waals surface area contributed by atoms with Crippen molar-refractivity contribution in [3.05, 3.63) is 58.1 Å². The molecule has 0 radical (unpaired) electrons. The number of nitrogens with one attached hydrogen (secondary N) is 1. The van der Waals surface area contributed by atoms with Crippen LogP contribution in [-0.2, 0) is 4.74 Å². The molecule has 0 aromatic heterocycles. The third-order valence-electron chi connectivity index (χ3n) is 3.25. The van der Waals surface area contributed by atoms with Crippen LogP contribution in [0.3, 0.4) is 0 Å². The lowest BCUT2D eigenvalue weighted by atomic mass is 10.1. The Hall–Kier alpha value is -1.85. The van der Waals surface area contributed by atoms with Crippen molar-refractivity contribution in [3.8, 4) is 5.75 Å². The van der Waals surface area contributed by atoms with Gasteiger partial charge in [-0.3, -0.25) is 4.79 Å². The molecular weight excluding hydrogens is 358 g/mol. The maximum absolute atomic E-state index is 12.2. The predicted octanol–water partition coefficient (Wildman–Crippen LogP) is 4.43. The molecule has 2 rings (SSSR count).